The van der Waals surface area contributed by atoms with Crippen molar-refractivity contribution in [3.8, 4) is 0 Å². The van der Waals surface area contributed by atoms with Crippen LogP contribution in [0, 0.1) is 0 Å². The number of imidazole rings is 1. The van der Waals surface area contributed by atoms with Crippen LogP contribution in [0.15, 0.2) is 12.4 Å². The maximum absolute atomic E-state index is 12.2. The normalized spacial score (nSPS) is 12.2. The third-order valence-electron chi connectivity index (χ3n) is 2.82. The zero-order chi connectivity index (χ0) is 14.3. The van der Waals surface area contributed by atoms with Gasteiger partial charge in [-0.3, -0.25) is 0 Å². The quantitative estimate of drug-likeness (QED) is 0.812. The number of amides is 2. The molecule has 1 heterocycles. The van der Waals surface area contributed by atoms with Crippen LogP contribution in [0.3, 0.4) is 0 Å². The third-order valence-corrected chi connectivity index (χ3v) is 2.82. The lowest BCUT2D eigenvalue weighted by Gasteiger charge is -2.24. The minimum Gasteiger partial charge on any atom is -0.383 e. The van der Waals surface area contributed by atoms with Crippen LogP contribution in [0.25, 0.3) is 0 Å². The maximum atomic E-state index is 12.2. The summed E-state index contributed by atoms with van der Waals surface area (Å²) in [6, 6.07) is -0.0763. The lowest BCUT2D eigenvalue weighted by atomic mass is 10.3. The van der Waals surface area contributed by atoms with Crippen molar-refractivity contribution in [1.29, 1.82) is 0 Å². The van der Waals surface area contributed by atoms with E-state index < -0.39 is 0 Å². The van der Waals surface area contributed by atoms with Gasteiger partial charge < -0.3 is 19.5 Å². The molecule has 108 valence electrons. The number of nitrogens with zero attached hydrogens (tertiary/aromatic N) is 3. The molecule has 0 fully saturated rings. The largest absolute Gasteiger partial charge is 0.383 e. The first-order valence-electron chi connectivity index (χ1n) is 6.59. The Labute approximate surface area is 114 Å². The molecule has 6 heteroatoms. The Kier molecular flexibility index (Phi) is 6.35. The molecule has 0 unspecified atom stereocenters. The molecule has 1 atom stereocenters. The van der Waals surface area contributed by atoms with Gasteiger partial charge in [-0.25, -0.2) is 9.78 Å². The molecule has 0 aliphatic heterocycles. The Morgan fingerprint density at radius 2 is 2.37 bits per heavy atom. The second kappa shape index (κ2) is 7.78. The van der Waals surface area contributed by atoms with E-state index in [4.69, 9.17) is 4.74 Å². The van der Waals surface area contributed by atoms with E-state index in [1.165, 1.54) is 0 Å². The van der Waals surface area contributed by atoms with Gasteiger partial charge in [-0.05, 0) is 13.3 Å². The van der Waals surface area contributed by atoms with Crippen LogP contribution in [0.5, 0.6) is 0 Å². The van der Waals surface area contributed by atoms with Gasteiger partial charge in [0.2, 0.25) is 0 Å². The fourth-order valence-corrected chi connectivity index (χ4v) is 1.84. The van der Waals surface area contributed by atoms with Crippen LogP contribution in [-0.4, -0.2) is 46.8 Å². The summed E-state index contributed by atoms with van der Waals surface area (Å²) in [6.07, 6.45) is 4.53. The Hall–Kier alpha value is -1.56. The van der Waals surface area contributed by atoms with Gasteiger partial charge in [0.25, 0.3) is 0 Å². The summed E-state index contributed by atoms with van der Waals surface area (Å²) in [5, 5.41) is 2.92. The highest BCUT2D eigenvalue weighted by Crippen LogP contribution is 2.03. The van der Waals surface area contributed by atoms with Crippen molar-refractivity contribution < 1.29 is 9.53 Å². The van der Waals surface area contributed by atoms with Crippen LogP contribution in [0.1, 0.15) is 26.1 Å². The van der Waals surface area contributed by atoms with Crippen LogP contribution >= 0.6 is 0 Å². The number of rotatable bonds is 7. The first-order valence-corrected chi connectivity index (χ1v) is 6.59. The summed E-state index contributed by atoms with van der Waals surface area (Å²) < 4.78 is 6.94. The fourth-order valence-electron chi connectivity index (χ4n) is 1.84. The highest BCUT2D eigenvalue weighted by molar-refractivity contribution is 5.74. The summed E-state index contributed by atoms with van der Waals surface area (Å²) in [6.45, 7) is 5.71. The van der Waals surface area contributed by atoms with E-state index in [9.17, 15) is 4.79 Å². The number of aromatic nitrogens is 2. The highest BCUT2D eigenvalue weighted by atomic mass is 16.5. The molecule has 0 radical (unpaired) electrons. The molecule has 1 N–H and O–H groups in total. The molecule has 6 nitrogen and oxygen atoms in total. The predicted octanol–water partition coefficient (Wildman–Crippen LogP) is 1.38. The van der Waals surface area contributed by atoms with Crippen molar-refractivity contribution in [2.45, 2.75) is 32.9 Å². The summed E-state index contributed by atoms with van der Waals surface area (Å²) in [7, 11) is 3.55. The number of aryl methyl sites for hydroxylation is 1. The van der Waals surface area contributed by atoms with Crippen molar-refractivity contribution in [2.75, 3.05) is 20.3 Å². The molecular formula is C13H24N4O2. The smallest absolute Gasteiger partial charge is 0.318 e. The number of carbonyl (C=O) groups excluding carboxylic acids is 1. The zero-order valence-electron chi connectivity index (χ0n) is 12.2. The Morgan fingerprint density at radius 3 is 2.89 bits per heavy atom. The van der Waals surface area contributed by atoms with Crippen LogP contribution < -0.4 is 5.32 Å². The van der Waals surface area contributed by atoms with Crippen molar-refractivity contribution in [3.05, 3.63) is 18.2 Å². The summed E-state index contributed by atoms with van der Waals surface area (Å²) >= 11 is 0. The molecule has 0 bridgehead atoms. The third kappa shape index (κ3) is 4.90. The van der Waals surface area contributed by atoms with E-state index in [1.807, 2.05) is 24.7 Å². The first-order chi connectivity index (χ1) is 9.08. The second-order valence-corrected chi connectivity index (χ2v) is 4.68. The topological polar surface area (TPSA) is 59.4 Å². The standard InChI is InChI=1S/C13H24N4O2/c1-5-7-17(9-12-14-6-8-16(12)3)13(18)15-11(2)10-19-4/h6,8,11H,5,7,9-10H2,1-4H3,(H,15,18)/t11-/m0/s1. The summed E-state index contributed by atoms with van der Waals surface area (Å²) in [5.74, 6) is 0.878. The average molecular weight is 268 g/mol. The number of methoxy groups -OCH3 is 1. The molecule has 0 aliphatic rings. The van der Waals surface area contributed by atoms with E-state index in [2.05, 4.69) is 17.2 Å². The van der Waals surface area contributed by atoms with Crippen molar-refractivity contribution in [1.82, 2.24) is 19.8 Å². The SMILES string of the molecule is CCCN(Cc1nccn1C)C(=O)N[C@@H](C)COC. The van der Waals surface area contributed by atoms with Gasteiger partial charge in [0.15, 0.2) is 0 Å². The van der Waals surface area contributed by atoms with Crippen LogP contribution in [0.4, 0.5) is 4.79 Å². The van der Waals surface area contributed by atoms with E-state index in [0.717, 1.165) is 12.2 Å². The van der Waals surface area contributed by atoms with Gasteiger partial charge in [0, 0.05) is 33.1 Å². The van der Waals surface area contributed by atoms with Gasteiger partial charge >= 0.3 is 6.03 Å². The number of hydrogen-bond acceptors (Lipinski definition) is 3. The van der Waals surface area contributed by atoms with Crippen molar-refractivity contribution in [3.63, 3.8) is 0 Å². The van der Waals surface area contributed by atoms with Crippen molar-refractivity contribution >= 4 is 6.03 Å². The predicted molar refractivity (Wildman–Crippen MR) is 73.8 cm³/mol. The van der Waals surface area contributed by atoms with Gasteiger partial charge in [-0.2, -0.15) is 0 Å². The molecule has 19 heavy (non-hydrogen) atoms. The minimum atomic E-state index is -0.0746. The number of ether oxygens (including phenoxy) is 1. The summed E-state index contributed by atoms with van der Waals surface area (Å²) in [5.41, 5.74) is 0. The lowest BCUT2D eigenvalue weighted by Crippen LogP contribution is -2.45. The first kappa shape index (κ1) is 15.5. The number of nitrogens with one attached hydrogen (secondary N) is 1. The fraction of sp³-hybridized carbons (Fsp3) is 0.692. The monoisotopic (exact) mass is 268 g/mol. The zero-order valence-corrected chi connectivity index (χ0v) is 12.2. The summed E-state index contributed by atoms with van der Waals surface area (Å²) in [4.78, 5) is 18.2. The molecule has 2 amide bonds. The van der Waals surface area contributed by atoms with Gasteiger partial charge in [0.05, 0.1) is 19.2 Å². The van der Waals surface area contributed by atoms with Gasteiger partial charge in [-0.15, -0.1) is 0 Å². The van der Waals surface area contributed by atoms with Crippen LogP contribution in [-0.2, 0) is 18.3 Å². The second-order valence-electron chi connectivity index (χ2n) is 4.68. The van der Waals surface area contributed by atoms with Gasteiger partial charge in [0.1, 0.15) is 5.82 Å². The van der Waals surface area contributed by atoms with E-state index in [1.54, 1.807) is 18.2 Å². The molecule has 0 aromatic carbocycles. The van der Waals surface area contributed by atoms with Gasteiger partial charge in [-0.1, -0.05) is 6.92 Å². The van der Waals surface area contributed by atoms with Crippen molar-refractivity contribution in [2.24, 2.45) is 7.05 Å². The molecule has 0 saturated heterocycles. The lowest BCUT2D eigenvalue weighted by molar-refractivity contribution is 0.157. The van der Waals surface area contributed by atoms with E-state index >= 15 is 0 Å². The highest BCUT2D eigenvalue weighted by Gasteiger charge is 2.16. The number of urea groups is 1. The molecule has 1 aromatic rings. The molecule has 1 aromatic heterocycles. The maximum Gasteiger partial charge on any atom is 0.318 e. The van der Waals surface area contributed by atoms with E-state index in [-0.39, 0.29) is 12.1 Å². The average Bonchev–Trinajstić information content (AvgIpc) is 2.74. The Bertz CT molecular complexity index is 392. The Morgan fingerprint density at radius 1 is 1.63 bits per heavy atom. The minimum absolute atomic E-state index is 0.00164. The molecular weight excluding hydrogens is 244 g/mol. The Balaban J connectivity index is 2.61. The molecule has 0 aliphatic carbocycles. The molecule has 0 saturated carbocycles. The number of carbonyl (C=O) groups is 1. The van der Waals surface area contributed by atoms with Crippen LogP contribution in [0.2, 0.25) is 0 Å². The molecule has 0 spiro atoms. The molecule has 1 rings (SSSR count). The van der Waals surface area contributed by atoms with E-state index in [0.29, 0.717) is 19.7 Å². The number of hydrogen-bond donors (Lipinski definition) is 1.